The summed E-state index contributed by atoms with van der Waals surface area (Å²) >= 11 is 0. The first kappa shape index (κ1) is 15.9. The zero-order valence-corrected chi connectivity index (χ0v) is 12.8. The van der Waals surface area contributed by atoms with Gasteiger partial charge in [0, 0.05) is 31.7 Å². The van der Waals surface area contributed by atoms with Crippen LogP contribution in [0, 0.1) is 0 Å². The fourth-order valence-electron chi connectivity index (χ4n) is 2.51. The molecule has 0 bridgehead atoms. The maximum atomic E-state index is 10.1. The summed E-state index contributed by atoms with van der Waals surface area (Å²) in [7, 11) is 0. The van der Waals surface area contributed by atoms with Crippen LogP contribution in [0.4, 0.5) is 0 Å². The van der Waals surface area contributed by atoms with Gasteiger partial charge in [-0.25, -0.2) is 0 Å². The van der Waals surface area contributed by atoms with E-state index in [-0.39, 0.29) is 23.3 Å². The lowest BCUT2D eigenvalue weighted by atomic mass is 10.0. The Morgan fingerprint density at radius 2 is 2.06 bits per heavy atom. The van der Waals surface area contributed by atoms with E-state index in [0.29, 0.717) is 13.1 Å². The molecule has 2 atom stereocenters. The van der Waals surface area contributed by atoms with Crippen LogP contribution < -0.4 is 5.32 Å². The monoisotopic (exact) mass is 258 g/mol. The molecule has 1 rings (SSSR count). The number of nitrogens with zero attached hydrogens (tertiary/aromatic N) is 1. The van der Waals surface area contributed by atoms with Crippen LogP contribution in [0.2, 0.25) is 0 Å². The minimum atomic E-state index is -0.328. The van der Waals surface area contributed by atoms with Gasteiger partial charge in [0.15, 0.2) is 0 Å². The maximum absolute atomic E-state index is 10.1. The van der Waals surface area contributed by atoms with Gasteiger partial charge in [-0.1, -0.05) is 0 Å². The van der Waals surface area contributed by atoms with E-state index in [2.05, 4.69) is 51.8 Å². The molecule has 2 N–H and O–H groups in total. The molecule has 18 heavy (non-hydrogen) atoms. The van der Waals surface area contributed by atoms with Crippen LogP contribution in [0.15, 0.2) is 0 Å². The van der Waals surface area contributed by atoms with E-state index in [1.54, 1.807) is 0 Å². The second-order valence-electron chi connectivity index (χ2n) is 7.17. The topological polar surface area (TPSA) is 44.7 Å². The molecule has 0 aromatic heterocycles. The van der Waals surface area contributed by atoms with Crippen LogP contribution in [-0.2, 0) is 4.74 Å². The molecule has 1 aliphatic heterocycles. The largest absolute Gasteiger partial charge is 0.390 e. The zero-order chi connectivity index (χ0) is 14.0. The summed E-state index contributed by atoms with van der Waals surface area (Å²) in [6, 6.07) is 0. The molecule has 1 aliphatic rings. The first-order valence-electron chi connectivity index (χ1n) is 6.91. The van der Waals surface area contributed by atoms with Crippen LogP contribution in [0.5, 0.6) is 0 Å². The minimum Gasteiger partial charge on any atom is -0.390 e. The summed E-state index contributed by atoms with van der Waals surface area (Å²) in [5.41, 5.74) is -0.0621. The van der Waals surface area contributed by atoms with Crippen molar-refractivity contribution in [3.05, 3.63) is 0 Å². The molecule has 4 nitrogen and oxygen atoms in total. The third kappa shape index (κ3) is 6.14. The van der Waals surface area contributed by atoms with Crippen LogP contribution in [0.3, 0.4) is 0 Å². The van der Waals surface area contributed by atoms with Gasteiger partial charge in [-0.3, -0.25) is 4.90 Å². The quantitative estimate of drug-likeness (QED) is 0.796. The van der Waals surface area contributed by atoms with Crippen LogP contribution in [-0.4, -0.2) is 59.5 Å². The molecule has 4 heteroatoms. The van der Waals surface area contributed by atoms with Crippen molar-refractivity contribution < 1.29 is 9.84 Å². The van der Waals surface area contributed by atoms with Crippen molar-refractivity contribution in [3.8, 4) is 0 Å². The van der Waals surface area contributed by atoms with E-state index in [0.717, 1.165) is 13.1 Å². The number of aliphatic hydroxyl groups excluding tert-OH is 1. The molecule has 1 saturated heterocycles. The number of nitrogens with one attached hydrogen (secondary N) is 1. The average Bonchev–Trinajstić information content (AvgIpc) is 2.09. The number of ether oxygens (including phenoxy) is 1. The Balaban J connectivity index is 2.37. The smallest absolute Gasteiger partial charge is 0.0791 e. The molecule has 0 saturated carbocycles. The zero-order valence-electron chi connectivity index (χ0n) is 12.8. The van der Waals surface area contributed by atoms with Gasteiger partial charge in [0.1, 0.15) is 0 Å². The van der Waals surface area contributed by atoms with Crippen molar-refractivity contribution in [2.45, 2.75) is 64.9 Å². The molecule has 108 valence electrons. The normalized spacial score (nSPS) is 27.2. The van der Waals surface area contributed by atoms with E-state index >= 15 is 0 Å². The fraction of sp³-hybridized carbons (Fsp3) is 1.00. The standard InChI is InChI=1S/C14H30N2O2/c1-11-8-16(10-14(5,6)18-11)9-12(17)7-15-13(2,3)4/h11-12,15,17H,7-10H2,1-6H3. The number of morpholine rings is 1. The summed E-state index contributed by atoms with van der Waals surface area (Å²) in [6.45, 7) is 15.8. The second kappa shape index (κ2) is 5.87. The number of hydrogen-bond donors (Lipinski definition) is 2. The maximum Gasteiger partial charge on any atom is 0.0791 e. The molecule has 0 amide bonds. The molecule has 2 unspecified atom stereocenters. The lowest BCUT2D eigenvalue weighted by molar-refractivity contribution is -0.133. The number of hydrogen-bond acceptors (Lipinski definition) is 4. The van der Waals surface area contributed by atoms with Gasteiger partial charge in [0.05, 0.1) is 17.8 Å². The van der Waals surface area contributed by atoms with Gasteiger partial charge < -0.3 is 15.2 Å². The van der Waals surface area contributed by atoms with Gasteiger partial charge >= 0.3 is 0 Å². The second-order valence-corrected chi connectivity index (χ2v) is 7.17. The molecular formula is C14H30N2O2. The highest BCUT2D eigenvalue weighted by Gasteiger charge is 2.31. The van der Waals surface area contributed by atoms with Crippen molar-refractivity contribution in [1.29, 1.82) is 0 Å². The van der Waals surface area contributed by atoms with Gasteiger partial charge in [-0.15, -0.1) is 0 Å². The van der Waals surface area contributed by atoms with Gasteiger partial charge in [0.2, 0.25) is 0 Å². The van der Waals surface area contributed by atoms with Gasteiger partial charge in [-0.2, -0.15) is 0 Å². The Morgan fingerprint density at radius 1 is 1.44 bits per heavy atom. The highest BCUT2D eigenvalue weighted by atomic mass is 16.5. The summed E-state index contributed by atoms with van der Waals surface area (Å²) in [6.07, 6.45) is -0.0955. The average molecular weight is 258 g/mol. The van der Waals surface area contributed by atoms with E-state index in [4.69, 9.17) is 4.74 Å². The Morgan fingerprint density at radius 3 is 2.56 bits per heavy atom. The third-order valence-corrected chi connectivity index (χ3v) is 2.98. The minimum absolute atomic E-state index is 0.0541. The summed E-state index contributed by atoms with van der Waals surface area (Å²) < 4.78 is 5.86. The van der Waals surface area contributed by atoms with E-state index in [9.17, 15) is 5.11 Å². The lowest BCUT2D eigenvalue weighted by Crippen LogP contribution is -2.54. The molecule has 0 spiro atoms. The number of β-amino-alcohol motifs (C(OH)–C–C–N with tert-alkyl or cyclic N) is 1. The summed E-state index contributed by atoms with van der Waals surface area (Å²) in [4.78, 5) is 2.29. The Bertz CT molecular complexity index is 261. The van der Waals surface area contributed by atoms with Crippen LogP contribution >= 0.6 is 0 Å². The predicted molar refractivity (Wildman–Crippen MR) is 74.8 cm³/mol. The Labute approximate surface area is 112 Å². The molecule has 1 fully saturated rings. The predicted octanol–water partition coefficient (Wildman–Crippen LogP) is 1.23. The van der Waals surface area contributed by atoms with Crippen molar-refractivity contribution in [2.24, 2.45) is 0 Å². The lowest BCUT2D eigenvalue weighted by Gasteiger charge is -2.42. The van der Waals surface area contributed by atoms with Crippen molar-refractivity contribution in [2.75, 3.05) is 26.2 Å². The van der Waals surface area contributed by atoms with Crippen molar-refractivity contribution >= 4 is 0 Å². The van der Waals surface area contributed by atoms with Gasteiger partial charge in [-0.05, 0) is 41.5 Å². The van der Waals surface area contributed by atoms with E-state index < -0.39 is 0 Å². The highest BCUT2D eigenvalue weighted by molar-refractivity contribution is 4.84. The summed E-state index contributed by atoms with van der Waals surface area (Å²) in [5.74, 6) is 0. The molecule has 0 aromatic rings. The van der Waals surface area contributed by atoms with Gasteiger partial charge in [0.25, 0.3) is 0 Å². The van der Waals surface area contributed by atoms with Crippen LogP contribution in [0.25, 0.3) is 0 Å². The molecule has 0 radical (unpaired) electrons. The van der Waals surface area contributed by atoms with Crippen LogP contribution in [0.1, 0.15) is 41.5 Å². The Kier molecular flexibility index (Phi) is 5.18. The highest BCUT2D eigenvalue weighted by Crippen LogP contribution is 2.20. The summed E-state index contributed by atoms with van der Waals surface area (Å²) in [5, 5.41) is 13.4. The Hall–Kier alpha value is -0.160. The number of rotatable bonds is 4. The van der Waals surface area contributed by atoms with Crippen molar-refractivity contribution in [1.82, 2.24) is 10.2 Å². The SMILES string of the molecule is CC1CN(CC(O)CNC(C)(C)C)CC(C)(C)O1. The first-order valence-corrected chi connectivity index (χ1v) is 6.91. The fourth-order valence-corrected chi connectivity index (χ4v) is 2.51. The molecule has 0 aliphatic carbocycles. The molecule has 0 aromatic carbocycles. The number of aliphatic hydroxyl groups is 1. The third-order valence-electron chi connectivity index (χ3n) is 2.98. The van der Waals surface area contributed by atoms with E-state index in [1.807, 2.05) is 0 Å². The van der Waals surface area contributed by atoms with Crippen molar-refractivity contribution in [3.63, 3.8) is 0 Å². The molecular weight excluding hydrogens is 228 g/mol. The molecule has 1 heterocycles. The first-order chi connectivity index (χ1) is 8.07. The van der Waals surface area contributed by atoms with E-state index in [1.165, 1.54) is 0 Å².